The van der Waals surface area contributed by atoms with Crippen LogP contribution in [-0.2, 0) is 6.42 Å². The number of hydrogen-bond donors (Lipinski definition) is 1. The van der Waals surface area contributed by atoms with Gasteiger partial charge in [-0.3, -0.25) is 0 Å². The quantitative estimate of drug-likeness (QED) is 0.602. The van der Waals surface area contributed by atoms with E-state index >= 15 is 0 Å². The van der Waals surface area contributed by atoms with Gasteiger partial charge in [0.1, 0.15) is 0 Å². The van der Waals surface area contributed by atoms with Crippen LogP contribution in [-0.4, -0.2) is 0 Å². The fraction of sp³-hybridized carbons (Fsp3) is 0.250. The van der Waals surface area contributed by atoms with Crippen molar-refractivity contribution < 1.29 is 4.42 Å². The second-order valence-electron chi connectivity index (χ2n) is 3.57. The highest BCUT2D eigenvalue weighted by Gasteiger charge is 2.05. The van der Waals surface area contributed by atoms with Gasteiger partial charge in [-0.1, -0.05) is 25.5 Å². The number of fused-ring (bicyclic) bond motifs is 1. The molecule has 1 heterocycles. The van der Waals surface area contributed by atoms with E-state index in [1.807, 2.05) is 25.1 Å². The maximum atomic E-state index is 11.6. The van der Waals surface area contributed by atoms with Crippen LogP contribution in [0.3, 0.4) is 0 Å². The SMILES string of the molecule is CCCc1cc2cccc(N)c2oc1=O. The van der Waals surface area contributed by atoms with E-state index in [1.165, 1.54) is 0 Å². The van der Waals surface area contributed by atoms with Crippen molar-refractivity contribution >= 4 is 16.7 Å². The molecular formula is C12H13NO2. The van der Waals surface area contributed by atoms with Crippen LogP contribution in [0.5, 0.6) is 0 Å². The van der Waals surface area contributed by atoms with Gasteiger partial charge < -0.3 is 10.2 Å². The van der Waals surface area contributed by atoms with Gasteiger partial charge >= 0.3 is 5.63 Å². The lowest BCUT2D eigenvalue weighted by molar-refractivity contribution is 0.550. The maximum Gasteiger partial charge on any atom is 0.339 e. The Kier molecular flexibility index (Phi) is 2.46. The Morgan fingerprint density at radius 1 is 1.40 bits per heavy atom. The Labute approximate surface area is 87.5 Å². The number of anilines is 1. The average Bonchev–Trinajstić information content (AvgIpc) is 2.21. The fourth-order valence-electron chi connectivity index (χ4n) is 1.65. The van der Waals surface area contributed by atoms with Crippen LogP contribution in [0.15, 0.2) is 33.5 Å². The lowest BCUT2D eigenvalue weighted by Gasteiger charge is -2.02. The summed E-state index contributed by atoms with van der Waals surface area (Å²) in [7, 11) is 0. The number of benzene rings is 1. The number of para-hydroxylation sites is 1. The summed E-state index contributed by atoms with van der Waals surface area (Å²) in [6.45, 7) is 2.03. The third kappa shape index (κ3) is 1.73. The molecule has 2 aromatic rings. The largest absolute Gasteiger partial charge is 0.420 e. The van der Waals surface area contributed by atoms with E-state index in [-0.39, 0.29) is 5.63 Å². The Morgan fingerprint density at radius 2 is 2.20 bits per heavy atom. The molecule has 0 bridgehead atoms. The Hall–Kier alpha value is -1.77. The normalized spacial score (nSPS) is 10.7. The summed E-state index contributed by atoms with van der Waals surface area (Å²) in [6.07, 6.45) is 1.67. The highest BCUT2D eigenvalue weighted by molar-refractivity contribution is 5.87. The molecule has 0 saturated heterocycles. The van der Waals surface area contributed by atoms with Crippen LogP contribution >= 0.6 is 0 Å². The van der Waals surface area contributed by atoms with Crippen molar-refractivity contribution in [3.05, 3.63) is 40.2 Å². The Balaban J connectivity index is 2.71. The molecule has 1 aromatic carbocycles. The van der Waals surface area contributed by atoms with Crippen LogP contribution in [0.2, 0.25) is 0 Å². The molecule has 0 amide bonds. The molecule has 78 valence electrons. The van der Waals surface area contributed by atoms with Crippen molar-refractivity contribution in [1.29, 1.82) is 0 Å². The smallest absolute Gasteiger partial charge is 0.339 e. The highest BCUT2D eigenvalue weighted by Crippen LogP contribution is 2.19. The third-order valence-electron chi connectivity index (χ3n) is 2.38. The van der Waals surface area contributed by atoms with Gasteiger partial charge in [0.15, 0.2) is 5.58 Å². The van der Waals surface area contributed by atoms with Gasteiger partial charge in [0.25, 0.3) is 0 Å². The number of nitrogen functional groups attached to an aromatic ring is 1. The van der Waals surface area contributed by atoms with Crippen molar-refractivity contribution in [1.82, 2.24) is 0 Å². The lowest BCUT2D eigenvalue weighted by Crippen LogP contribution is -2.07. The van der Waals surface area contributed by atoms with Gasteiger partial charge in [0.2, 0.25) is 0 Å². The topological polar surface area (TPSA) is 56.2 Å². The first kappa shape index (κ1) is 9.77. The summed E-state index contributed by atoms with van der Waals surface area (Å²) in [5.41, 5.74) is 7.15. The molecule has 0 radical (unpaired) electrons. The first-order valence-corrected chi connectivity index (χ1v) is 5.03. The maximum absolute atomic E-state index is 11.6. The Bertz CT molecular complexity index is 543. The first-order chi connectivity index (χ1) is 7.22. The fourth-order valence-corrected chi connectivity index (χ4v) is 1.65. The predicted octanol–water partition coefficient (Wildman–Crippen LogP) is 2.33. The van der Waals surface area contributed by atoms with Crippen molar-refractivity contribution in [3.63, 3.8) is 0 Å². The van der Waals surface area contributed by atoms with Crippen LogP contribution in [0, 0.1) is 0 Å². The standard InChI is InChI=1S/C12H13NO2/c1-2-4-9-7-8-5-3-6-10(13)11(8)15-12(9)14/h3,5-7H,2,4,13H2,1H3. The summed E-state index contributed by atoms with van der Waals surface area (Å²) in [5.74, 6) is 0. The molecule has 0 aliphatic carbocycles. The molecule has 0 aliphatic rings. The minimum atomic E-state index is -0.276. The summed E-state index contributed by atoms with van der Waals surface area (Å²) in [6, 6.07) is 7.34. The second kappa shape index (κ2) is 3.77. The van der Waals surface area contributed by atoms with Crippen molar-refractivity contribution in [2.24, 2.45) is 0 Å². The number of rotatable bonds is 2. The van der Waals surface area contributed by atoms with E-state index in [2.05, 4.69) is 0 Å². The van der Waals surface area contributed by atoms with Crippen molar-refractivity contribution in [2.45, 2.75) is 19.8 Å². The summed E-state index contributed by atoms with van der Waals surface area (Å²) >= 11 is 0. The molecule has 15 heavy (non-hydrogen) atoms. The van der Waals surface area contributed by atoms with E-state index in [4.69, 9.17) is 10.2 Å². The van der Waals surface area contributed by atoms with E-state index in [0.29, 0.717) is 11.3 Å². The average molecular weight is 203 g/mol. The molecule has 2 rings (SSSR count). The zero-order valence-electron chi connectivity index (χ0n) is 8.62. The van der Waals surface area contributed by atoms with Crippen molar-refractivity contribution in [3.8, 4) is 0 Å². The molecule has 0 fully saturated rings. The molecule has 0 saturated carbocycles. The zero-order chi connectivity index (χ0) is 10.8. The Morgan fingerprint density at radius 3 is 2.93 bits per heavy atom. The highest BCUT2D eigenvalue weighted by atomic mass is 16.4. The van der Waals surface area contributed by atoms with Gasteiger partial charge in [-0.25, -0.2) is 4.79 Å². The lowest BCUT2D eigenvalue weighted by atomic mass is 10.1. The van der Waals surface area contributed by atoms with E-state index in [9.17, 15) is 4.79 Å². The van der Waals surface area contributed by atoms with Crippen LogP contribution in [0.4, 0.5) is 5.69 Å². The minimum Gasteiger partial charge on any atom is -0.420 e. The molecular weight excluding hydrogens is 190 g/mol. The number of aryl methyl sites for hydroxylation is 1. The number of nitrogens with two attached hydrogens (primary N) is 1. The molecule has 0 aliphatic heterocycles. The molecule has 0 spiro atoms. The van der Waals surface area contributed by atoms with E-state index in [0.717, 1.165) is 23.8 Å². The molecule has 3 heteroatoms. The summed E-state index contributed by atoms with van der Waals surface area (Å²) < 4.78 is 5.20. The van der Waals surface area contributed by atoms with E-state index < -0.39 is 0 Å². The molecule has 0 atom stereocenters. The summed E-state index contributed by atoms with van der Waals surface area (Å²) in [4.78, 5) is 11.6. The van der Waals surface area contributed by atoms with Crippen LogP contribution in [0.25, 0.3) is 11.0 Å². The second-order valence-corrected chi connectivity index (χ2v) is 3.57. The molecule has 3 nitrogen and oxygen atoms in total. The van der Waals surface area contributed by atoms with Gasteiger partial charge in [0, 0.05) is 10.9 Å². The molecule has 0 unspecified atom stereocenters. The zero-order valence-corrected chi connectivity index (χ0v) is 8.62. The van der Waals surface area contributed by atoms with Crippen LogP contribution in [0.1, 0.15) is 18.9 Å². The predicted molar refractivity (Wildman–Crippen MR) is 60.9 cm³/mol. The minimum absolute atomic E-state index is 0.276. The first-order valence-electron chi connectivity index (χ1n) is 5.03. The monoisotopic (exact) mass is 203 g/mol. The van der Waals surface area contributed by atoms with Crippen molar-refractivity contribution in [2.75, 3.05) is 5.73 Å². The summed E-state index contributed by atoms with van der Waals surface area (Å²) in [5, 5.41) is 0.887. The molecule has 1 aromatic heterocycles. The van der Waals surface area contributed by atoms with E-state index in [1.54, 1.807) is 6.07 Å². The molecule has 2 N–H and O–H groups in total. The van der Waals surface area contributed by atoms with Gasteiger partial charge in [-0.2, -0.15) is 0 Å². The van der Waals surface area contributed by atoms with Gasteiger partial charge in [0.05, 0.1) is 5.69 Å². The van der Waals surface area contributed by atoms with Gasteiger partial charge in [-0.15, -0.1) is 0 Å². The van der Waals surface area contributed by atoms with Crippen LogP contribution < -0.4 is 11.4 Å². The third-order valence-corrected chi connectivity index (χ3v) is 2.38. The van der Waals surface area contributed by atoms with Gasteiger partial charge in [-0.05, 0) is 18.6 Å². The number of hydrogen-bond acceptors (Lipinski definition) is 3.